The maximum atomic E-state index is 12.1. The van der Waals surface area contributed by atoms with E-state index in [1.807, 2.05) is 0 Å². The van der Waals surface area contributed by atoms with Crippen LogP contribution in [0.3, 0.4) is 0 Å². The Hall–Kier alpha value is -1.51. The van der Waals surface area contributed by atoms with Gasteiger partial charge in [0.25, 0.3) is 5.88 Å². The van der Waals surface area contributed by atoms with Crippen LogP contribution >= 0.6 is 15.9 Å². The summed E-state index contributed by atoms with van der Waals surface area (Å²) in [5.74, 6) is -3.06. The molecule has 0 atom stereocenters. The molecule has 19 heavy (non-hydrogen) atoms. The third kappa shape index (κ3) is 3.98. The van der Waals surface area contributed by atoms with Crippen molar-refractivity contribution in [1.29, 1.82) is 0 Å². The zero-order chi connectivity index (χ0) is 14.6. The van der Waals surface area contributed by atoms with Gasteiger partial charge in [0.05, 0.1) is 6.61 Å². The van der Waals surface area contributed by atoms with Gasteiger partial charge in [0.15, 0.2) is 5.75 Å². The van der Waals surface area contributed by atoms with Crippen LogP contribution in [0.25, 0.3) is 0 Å². The van der Waals surface area contributed by atoms with E-state index in [1.165, 1.54) is 6.92 Å². The van der Waals surface area contributed by atoms with Crippen molar-refractivity contribution in [3.8, 4) is 11.6 Å². The summed E-state index contributed by atoms with van der Waals surface area (Å²) in [5, 5.41) is 9.76. The van der Waals surface area contributed by atoms with Crippen LogP contribution in [0.5, 0.6) is 11.6 Å². The molecule has 106 valence electrons. The minimum Gasteiger partial charge on any atom is -0.502 e. The molecule has 0 aromatic carbocycles. The molecule has 5 nitrogen and oxygen atoms in total. The number of nitrogens with zero attached hydrogens (tertiary/aromatic N) is 1. The molecule has 0 radical (unpaired) electrons. The predicted octanol–water partition coefficient (Wildman–Crippen LogP) is 2.76. The van der Waals surface area contributed by atoms with Crippen molar-refractivity contribution in [2.24, 2.45) is 0 Å². The minimum atomic E-state index is -5.02. The van der Waals surface area contributed by atoms with E-state index >= 15 is 0 Å². The number of rotatable bonds is 4. The Morgan fingerprint density at radius 1 is 1.53 bits per heavy atom. The molecule has 0 aliphatic carbocycles. The number of hydrogen-bond acceptors (Lipinski definition) is 5. The molecule has 0 unspecified atom stereocenters. The summed E-state index contributed by atoms with van der Waals surface area (Å²) in [4.78, 5) is 14.9. The first-order chi connectivity index (χ1) is 8.80. The Morgan fingerprint density at radius 3 is 2.63 bits per heavy atom. The molecule has 1 rings (SSSR count). The maximum absolute atomic E-state index is 12.1. The lowest BCUT2D eigenvalue weighted by atomic mass is 10.1. The number of pyridine rings is 1. The van der Waals surface area contributed by atoms with Crippen LogP contribution in [0, 0.1) is 0 Å². The predicted molar refractivity (Wildman–Crippen MR) is 61.2 cm³/mol. The van der Waals surface area contributed by atoms with E-state index < -0.39 is 29.5 Å². The molecule has 0 spiro atoms. The Balaban J connectivity index is 3.25. The van der Waals surface area contributed by atoms with Crippen molar-refractivity contribution in [3.05, 3.63) is 17.3 Å². The summed E-state index contributed by atoms with van der Waals surface area (Å²) in [5.41, 5.74) is -0.224. The topological polar surface area (TPSA) is 68.7 Å². The largest absolute Gasteiger partial charge is 0.574 e. The van der Waals surface area contributed by atoms with Crippen LogP contribution < -0.4 is 4.74 Å². The van der Waals surface area contributed by atoms with Crippen molar-refractivity contribution in [3.63, 3.8) is 0 Å². The number of ether oxygens (including phenoxy) is 2. The first kappa shape index (κ1) is 15.5. The Bertz CT molecular complexity index is 479. The average molecular weight is 344 g/mol. The number of aromatic nitrogens is 1. The van der Waals surface area contributed by atoms with Crippen LogP contribution in [0.4, 0.5) is 13.2 Å². The zero-order valence-electron chi connectivity index (χ0n) is 9.62. The van der Waals surface area contributed by atoms with Crippen LogP contribution in [-0.4, -0.2) is 29.0 Å². The lowest BCUT2D eigenvalue weighted by Gasteiger charge is -2.13. The second-order valence-corrected chi connectivity index (χ2v) is 3.77. The van der Waals surface area contributed by atoms with E-state index in [2.05, 4.69) is 30.4 Å². The maximum Gasteiger partial charge on any atom is 0.574 e. The van der Waals surface area contributed by atoms with Crippen LogP contribution in [0.2, 0.25) is 0 Å². The number of carbonyl (C=O) groups excluding carboxylic acids is 1. The van der Waals surface area contributed by atoms with Crippen molar-refractivity contribution < 1.29 is 32.5 Å². The molecule has 0 aliphatic heterocycles. The number of aromatic hydroxyl groups is 1. The van der Waals surface area contributed by atoms with Gasteiger partial charge in [0.1, 0.15) is 5.56 Å². The van der Waals surface area contributed by atoms with Gasteiger partial charge in [-0.1, -0.05) is 15.9 Å². The Labute approximate surface area is 114 Å². The Kier molecular flexibility index (Phi) is 4.98. The molecular formula is C10H9BrF3NO4. The zero-order valence-corrected chi connectivity index (χ0v) is 11.2. The van der Waals surface area contributed by atoms with Crippen molar-refractivity contribution >= 4 is 21.9 Å². The molecule has 1 heterocycles. The van der Waals surface area contributed by atoms with E-state index in [0.29, 0.717) is 0 Å². The minimum absolute atomic E-state index is 0.0117. The van der Waals surface area contributed by atoms with E-state index in [4.69, 9.17) is 0 Å². The molecule has 0 saturated carbocycles. The van der Waals surface area contributed by atoms with Crippen LogP contribution in [0.15, 0.2) is 6.20 Å². The van der Waals surface area contributed by atoms with Gasteiger partial charge in [-0.2, -0.15) is 0 Å². The molecule has 1 N–H and O–H groups in total. The van der Waals surface area contributed by atoms with Gasteiger partial charge in [0.2, 0.25) is 0 Å². The molecule has 1 aromatic rings. The van der Waals surface area contributed by atoms with E-state index in [9.17, 15) is 23.1 Å². The quantitative estimate of drug-likeness (QED) is 0.672. The molecule has 0 fully saturated rings. The first-order valence-electron chi connectivity index (χ1n) is 4.99. The van der Waals surface area contributed by atoms with Crippen molar-refractivity contribution in [2.45, 2.75) is 18.6 Å². The lowest BCUT2D eigenvalue weighted by Crippen LogP contribution is -2.19. The number of hydrogen-bond donors (Lipinski definition) is 1. The third-order valence-corrected chi connectivity index (χ3v) is 2.54. The SMILES string of the molecule is CCOC(=O)c1c(CBr)cnc(OC(F)(F)F)c1O. The molecular weight excluding hydrogens is 335 g/mol. The first-order valence-corrected chi connectivity index (χ1v) is 6.12. The molecule has 9 heteroatoms. The summed E-state index contributed by atoms with van der Waals surface area (Å²) in [6.45, 7) is 1.54. The highest BCUT2D eigenvalue weighted by Crippen LogP contribution is 2.34. The van der Waals surface area contributed by atoms with Crippen LogP contribution in [0.1, 0.15) is 22.8 Å². The van der Waals surface area contributed by atoms with E-state index in [0.717, 1.165) is 6.20 Å². The van der Waals surface area contributed by atoms with Gasteiger partial charge in [-0.3, -0.25) is 0 Å². The monoisotopic (exact) mass is 343 g/mol. The van der Waals surface area contributed by atoms with Crippen molar-refractivity contribution in [2.75, 3.05) is 6.61 Å². The average Bonchev–Trinajstić information content (AvgIpc) is 2.30. The standard InChI is InChI=1S/C10H9BrF3NO4/c1-2-18-9(17)6-5(3-11)4-15-8(7(6)16)19-10(12,13)14/h4,16H,2-3H2,1H3. The Morgan fingerprint density at radius 2 is 2.16 bits per heavy atom. The molecule has 0 aliphatic rings. The van der Waals surface area contributed by atoms with E-state index in [1.54, 1.807) is 0 Å². The second kappa shape index (κ2) is 6.09. The summed E-state index contributed by atoms with van der Waals surface area (Å²) in [6.07, 6.45) is -4.03. The third-order valence-electron chi connectivity index (χ3n) is 1.93. The summed E-state index contributed by atoms with van der Waals surface area (Å²) >= 11 is 3.03. The fourth-order valence-electron chi connectivity index (χ4n) is 1.24. The van der Waals surface area contributed by atoms with Gasteiger partial charge in [-0.25, -0.2) is 9.78 Å². The second-order valence-electron chi connectivity index (χ2n) is 3.21. The fourth-order valence-corrected chi connectivity index (χ4v) is 1.66. The fraction of sp³-hybridized carbons (Fsp3) is 0.400. The highest BCUT2D eigenvalue weighted by atomic mass is 79.9. The van der Waals surface area contributed by atoms with Crippen LogP contribution in [-0.2, 0) is 10.1 Å². The van der Waals surface area contributed by atoms with Gasteiger partial charge in [-0.15, -0.1) is 13.2 Å². The number of halogens is 4. The highest BCUT2D eigenvalue weighted by Gasteiger charge is 2.34. The summed E-state index contributed by atoms with van der Waals surface area (Å²) in [6, 6.07) is 0. The summed E-state index contributed by atoms with van der Waals surface area (Å²) in [7, 11) is 0. The molecule has 0 amide bonds. The number of alkyl halides is 4. The molecule has 0 bridgehead atoms. The number of carbonyl (C=O) groups is 1. The summed E-state index contributed by atoms with van der Waals surface area (Å²) < 4.78 is 44.4. The van der Waals surface area contributed by atoms with Gasteiger partial charge in [-0.05, 0) is 12.5 Å². The van der Waals surface area contributed by atoms with Gasteiger partial charge >= 0.3 is 12.3 Å². The number of esters is 1. The van der Waals surface area contributed by atoms with Gasteiger partial charge in [0, 0.05) is 11.5 Å². The molecule has 0 saturated heterocycles. The normalized spacial score (nSPS) is 11.2. The van der Waals surface area contributed by atoms with Gasteiger partial charge < -0.3 is 14.6 Å². The van der Waals surface area contributed by atoms with Crippen molar-refractivity contribution in [1.82, 2.24) is 4.98 Å². The van der Waals surface area contributed by atoms with E-state index in [-0.39, 0.29) is 17.5 Å². The highest BCUT2D eigenvalue weighted by molar-refractivity contribution is 9.08. The molecule has 1 aromatic heterocycles. The smallest absolute Gasteiger partial charge is 0.502 e. The lowest BCUT2D eigenvalue weighted by molar-refractivity contribution is -0.276.